The van der Waals surface area contributed by atoms with Crippen LogP contribution in [0.25, 0.3) is 0 Å². The molecule has 0 aromatic heterocycles. The Labute approximate surface area is 93.4 Å². The lowest BCUT2D eigenvalue weighted by Gasteiger charge is -2.33. The number of ether oxygens (including phenoxy) is 1. The molecule has 0 amide bonds. The minimum atomic E-state index is -0.543. The highest BCUT2D eigenvalue weighted by molar-refractivity contribution is 4.76. The highest BCUT2D eigenvalue weighted by Crippen LogP contribution is 2.15. The fourth-order valence-electron chi connectivity index (χ4n) is 2.02. The van der Waals surface area contributed by atoms with E-state index in [1.165, 1.54) is 12.8 Å². The lowest BCUT2D eigenvalue weighted by molar-refractivity contribution is -0.00473. The topological polar surface area (TPSA) is 32.7 Å². The summed E-state index contributed by atoms with van der Waals surface area (Å²) in [6.07, 6.45) is 3.65. The first-order valence-electron chi connectivity index (χ1n) is 6.07. The maximum atomic E-state index is 9.66. The maximum Gasteiger partial charge on any atom is 0.0702 e. The van der Waals surface area contributed by atoms with E-state index in [1.807, 2.05) is 13.8 Å². The summed E-state index contributed by atoms with van der Waals surface area (Å²) in [6.45, 7) is 9.77. The van der Waals surface area contributed by atoms with E-state index in [1.54, 1.807) is 0 Å². The molecule has 1 N–H and O–H groups in total. The van der Waals surface area contributed by atoms with Gasteiger partial charge in [-0.3, -0.25) is 0 Å². The molecule has 0 saturated carbocycles. The molecule has 90 valence electrons. The summed E-state index contributed by atoms with van der Waals surface area (Å²) in [4.78, 5) is 2.40. The van der Waals surface area contributed by atoms with Crippen molar-refractivity contribution < 1.29 is 9.84 Å². The first-order valence-corrected chi connectivity index (χ1v) is 6.07. The van der Waals surface area contributed by atoms with Crippen LogP contribution in [0.15, 0.2) is 0 Å². The number of rotatable bonds is 5. The van der Waals surface area contributed by atoms with Gasteiger partial charge in [-0.1, -0.05) is 0 Å². The second-order valence-electron chi connectivity index (χ2n) is 5.08. The standard InChI is InChI=1S/C12H25NO2/c1-4-15-11-6-5-8-13(10-11)9-7-12(2,3)14/h11,14H,4-10H2,1-3H3. The van der Waals surface area contributed by atoms with Crippen LogP contribution in [0, 0.1) is 0 Å². The molecule has 0 bridgehead atoms. The van der Waals surface area contributed by atoms with Crippen LogP contribution < -0.4 is 0 Å². The van der Waals surface area contributed by atoms with E-state index in [4.69, 9.17) is 4.74 Å². The molecule has 1 heterocycles. The number of piperidine rings is 1. The van der Waals surface area contributed by atoms with E-state index in [2.05, 4.69) is 11.8 Å². The predicted octanol–water partition coefficient (Wildman–Crippen LogP) is 1.65. The van der Waals surface area contributed by atoms with Gasteiger partial charge in [0.25, 0.3) is 0 Å². The van der Waals surface area contributed by atoms with Gasteiger partial charge in [0.1, 0.15) is 0 Å². The van der Waals surface area contributed by atoms with Crippen LogP contribution in [0.2, 0.25) is 0 Å². The third-order valence-corrected chi connectivity index (χ3v) is 2.90. The molecule has 1 unspecified atom stereocenters. The van der Waals surface area contributed by atoms with Gasteiger partial charge < -0.3 is 14.7 Å². The fourth-order valence-corrected chi connectivity index (χ4v) is 2.02. The highest BCUT2D eigenvalue weighted by Gasteiger charge is 2.21. The zero-order valence-corrected chi connectivity index (χ0v) is 10.3. The van der Waals surface area contributed by atoms with Crippen molar-refractivity contribution in [2.45, 2.75) is 51.7 Å². The van der Waals surface area contributed by atoms with Crippen LogP contribution in [-0.2, 0) is 4.74 Å². The number of hydrogen-bond acceptors (Lipinski definition) is 3. The SMILES string of the molecule is CCOC1CCCN(CCC(C)(C)O)C1. The van der Waals surface area contributed by atoms with E-state index in [0.29, 0.717) is 6.10 Å². The summed E-state index contributed by atoms with van der Waals surface area (Å²) < 4.78 is 5.64. The second-order valence-corrected chi connectivity index (χ2v) is 5.08. The Bertz CT molecular complexity index is 175. The smallest absolute Gasteiger partial charge is 0.0702 e. The summed E-state index contributed by atoms with van der Waals surface area (Å²) in [7, 11) is 0. The Balaban J connectivity index is 2.24. The average Bonchev–Trinajstić information content (AvgIpc) is 2.15. The van der Waals surface area contributed by atoms with Gasteiger partial charge in [-0.25, -0.2) is 0 Å². The average molecular weight is 215 g/mol. The van der Waals surface area contributed by atoms with Gasteiger partial charge in [-0.05, 0) is 46.6 Å². The van der Waals surface area contributed by atoms with Crippen molar-refractivity contribution in [3.63, 3.8) is 0 Å². The summed E-state index contributed by atoms with van der Waals surface area (Å²) in [6, 6.07) is 0. The van der Waals surface area contributed by atoms with Crippen LogP contribution >= 0.6 is 0 Å². The Hall–Kier alpha value is -0.120. The fraction of sp³-hybridized carbons (Fsp3) is 1.00. The van der Waals surface area contributed by atoms with E-state index >= 15 is 0 Å². The first-order chi connectivity index (χ1) is 7.01. The van der Waals surface area contributed by atoms with Crippen molar-refractivity contribution in [1.82, 2.24) is 4.90 Å². The zero-order chi connectivity index (χ0) is 11.3. The molecule has 1 atom stereocenters. The molecular weight excluding hydrogens is 190 g/mol. The summed E-state index contributed by atoms with van der Waals surface area (Å²) in [5, 5.41) is 9.66. The van der Waals surface area contributed by atoms with E-state index < -0.39 is 5.60 Å². The van der Waals surface area contributed by atoms with Crippen LogP contribution in [0.1, 0.15) is 40.0 Å². The quantitative estimate of drug-likeness (QED) is 0.757. The van der Waals surface area contributed by atoms with Crippen molar-refractivity contribution in [2.75, 3.05) is 26.2 Å². The Morgan fingerprint density at radius 1 is 1.47 bits per heavy atom. The molecule has 0 aromatic rings. The second kappa shape index (κ2) is 5.83. The van der Waals surface area contributed by atoms with Crippen molar-refractivity contribution >= 4 is 0 Å². The number of hydrogen-bond donors (Lipinski definition) is 1. The van der Waals surface area contributed by atoms with Gasteiger partial charge in [0.15, 0.2) is 0 Å². The normalized spacial score (nSPS) is 24.4. The van der Waals surface area contributed by atoms with Gasteiger partial charge >= 0.3 is 0 Å². The molecule has 1 aliphatic rings. The molecule has 1 saturated heterocycles. The van der Waals surface area contributed by atoms with E-state index in [0.717, 1.165) is 32.7 Å². The largest absolute Gasteiger partial charge is 0.390 e. The maximum absolute atomic E-state index is 9.66. The molecule has 1 rings (SSSR count). The molecule has 0 radical (unpaired) electrons. The zero-order valence-electron chi connectivity index (χ0n) is 10.3. The van der Waals surface area contributed by atoms with Crippen LogP contribution in [0.4, 0.5) is 0 Å². The summed E-state index contributed by atoms with van der Waals surface area (Å²) in [5.74, 6) is 0. The van der Waals surface area contributed by atoms with Gasteiger partial charge in [0.05, 0.1) is 11.7 Å². The van der Waals surface area contributed by atoms with Crippen molar-refractivity contribution in [2.24, 2.45) is 0 Å². The van der Waals surface area contributed by atoms with Crippen LogP contribution in [-0.4, -0.2) is 48.0 Å². The summed E-state index contributed by atoms with van der Waals surface area (Å²) >= 11 is 0. The van der Waals surface area contributed by atoms with Gasteiger partial charge in [-0.15, -0.1) is 0 Å². The molecular formula is C12H25NO2. The summed E-state index contributed by atoms with van der Waals surface area (Å²) in [5.41, 5.74) is -0.543. The lowest BCUT2D eigenvalue weighted by atomic mass is 10.0. The molecule has 0 spiro atoms. The molecule has 15 heavy (non-hydrogen) atoms. The molecule has 1 fully saturated rings. The first kappa shape index (κ1) is 12.9. The van der Waals surface area contributed by atoms with E-state index in [9.17, 15) is 5.11 Å². The molecule has 3 heteroatoms. The van der Waals surface area contributed by atoms with Crippen molar-refractivity contribution in [1.29, 1.82) is 0 Å². The molecule has 1 aliphatic heterocycles. The van der Waals surface area contributed by atoms with Crippen LogP contribution in [0.3, 0.4) is 0 Å². The highest BCUT2D eigenvalue weighted by atomic mass is 16.5. The van der Waals surface area contributed by atoms with Gasteiger partial charge in [0, 0.05) is 19.7 Å². The van der Waals surface area contributed by atoms with Gasteiger partial charge in [-0.2, -0.15) is 0 Å². The number of nitrogens with zero attached hydrogens (tertiary/aromatic N) is 1. The lowest BCUT2D eigenvalue weighted by Crippen LogP contribution is -2.41. The monoisotopic (exact) mass is 215 g/mol. The third-order valence-electron chi connectivity index (χ3n) is 2.90. The van der Waals surface area contributed by atoms with Crippen LogP contribution in [0.5, 0.6) is 0 Å². The number of likely N-dealkylation sites (tertiary alicyclic amines) is 1. The molecule has 0 aliphatic carbocycles. The van der Waals surface area contributed by atoms with Crippen molar-refractivity contribution in [3.05, 3.63) is 0 Å². The van der Waals surface area contributed by atoms with Crippen molar-refractivity contribution in [3.8, 4) is 0 Å². The number of aliphatic hydroxyl groups is 1. The Morgan fingerprint density at radius 3 is 2.80 bits per heavy atom. The minimum Gasteiger partial charge on any atom is -0.390 e. The minimum absolute atomic E-state index is 0.408. The Kier molecular flexibility index (Phi) is 5.03. The third kappa shape index (κ3) is 5.50. The molecule has 3 nitrogen and oxygen atoms in total. The van der Waals surface area contributed by atoms with Gasteiger partial charge in [0.2, 0.25) is 0 Å². The molecule has 0 aromatic carbocycles. The van der Waals surface area contributed by atoms with E-state index in [-0.39, 0.29) is 0 Å². The predicted molar refractivity (Wildman–Crippen MR) is 62.0 cm³/mol. The Morgan fingerprint density at radius 2 is 2.20 bits per heavy atom.